The normalized spacial score (nSPS) is 12.6. The zero-order valence-electron chi connectivity index (χ0n) is 11.7. The van der Waals surface area contributed by atoms with Gasteiger partial charge in [0.2, 0.25) is 0 Å². The molecule has 21 heavy (non-hydrogen) atoms. The van der Waals surface area contributed by atoms with E-state index in [9.17, 15) is 5.11 Å². The zero-order valence-corrected chi connectivity index (χ0v) is 12.5. The number of aromatic nitrogens is 2. The first-order valence-corrected chi connectivity index (χ1v) is 6.98. The minimum atomic E-state index is -0.667. The van der Waals surface area contributed by atoms with Gasteiger partial charge in [0.1, 0.15) is 5.75 Å². The predicted molar refractivity (Wildman–Crippen MR) is 82.8 cm³/mol. The van der Waals surface area contributed by atoms with Crippen molar-refractivity contribution in [3.63, 3.8) is 0 Å². The van der Waals surface area contributed by atoms with Crippen LogP contribution in [0, 0.1) is 0 Å². The molecule has 1 aromatic carbocycles. The molecule has 2 heterocycles. The van der Waals surface area contributed by atoms with Gasteiger partial charge in [-0.05, 0) is 31.2 Å². The topological polar surface area (TPSA) is 46.8 Å². The van der Waals surface area contributed by atoms with Gasteiger partial charge in [-0.15, -0.1) is 0 Å². The Bertz CT molecular complexity index is 796. The summed E-state index contributed by atoms with van der Waals surface area (Å²) in [6, 6.07) is 11.2. The van der Waals surface area contributed by atoms with Gasteiger partial charge in [-0.3, -0.25) is 4.40 Å². The molecule has 3 aromatic rings. The highest BCUT2D eigenvalue weighted by molar-refractivity contribution is 6.33. The Labute approximate surface area is 127 Å². The maximum Gasteiger partial charge on any atom is 0.156 e. The number of pyridine rings is 1. The fourth-order valence-corrected chi connectivity index (χ4v) is 2.64. The van der Waals surface area contributed by atoms with E-state index in [2.05, 4.69) is 4.98 Å². The number of ether oxygens (including phenoxy) is 1. The molecule has 0 aliphatic heterocycles. The summed E-state index contributed by atoms with van der Waals surface area (Å²) in [5.74, 6) is 0.743. The molecule has 0 saturated heterocycles. The lowest BCUT2D eigenvalue weighted by Crippen LogP contribution is -1.99. The average molecular weight is 303 g/mol. The lowest BCUT2D eigenvalue weighted by molar-refractivity contribution is 0.194. The molecule has 1 atom stereocenters. The van der Waals surface area contributed by atoms with E-state index in [1.807, 2.05) is 40.9 Å². The number of benzene rings is 1. The molecule has 5 heteroatoms. The molecule has 0 aliphatic carbocycles. The minimum absolute atomic E-state index is 0.550. The lowest BCUT2D eigenvalue weighted by atomic mass is 10.1. The van der Waals surface area contributed by atoms with Crippen molar-refractivity contribution in [1.29, 1.82) is 0 Å². The molecule has 2 aromatic heterocycles. The number of halogens is 1. The van der Waals surface area contributed by atoms with Crippen molar-refractivity contribution in [2.45, 2.75) is 13.0 Å². The summed E-state index contributed by atoms with van der Waals surface area (Å²) in [5, 5.41) is 10.7. The van der Waals surface area contributed by atoms with Crippen molar-refractivity contribution in [3.05, 3.63) is 53.3 Å². The van der Waals surface area contributed by atoms with Gasteiger partial charge in [0.05, 0.1) is 29.6 Å². The fourth-order valence-electron chi connectivity index (χ4n) is 2.43. The number of nitrogens with zero attached hydrogens (tertiary/aromatic N) is 2. The van der Waals surface area contributed by atoms with Gasteiger partial charge in [-0.1, -0.05) is 23.7 Å². The second-order valence-electron chi connectivity index (χ2n) is 4.80. The maximum atomic E-state index is 10.1. The SMILES string of the molecule is COc1cccc(-c2nc3c(Cl)cccn3c2C(C)O)c1. The van der Waals surface area contributed by atoms with E-state index in [-0.39, 0.29) is 0 Å². The number of imidazole rings is 1. The molecule has 0 bridgehead atoms. The molecule has 0 spiro atoms. The van der Waals surface area contributed by atoms with Gasteiger partial charge < -0.3 is 9.84 Å². The van der Waals surface area contributed by atoms with E-state index >= 15 is 0 Å². The maximum absolute atomic E-state index is 10.1. The van der Waals surface area contributed by atoms with Gasteiger partial charge in [0.25, 0.3) is 0 Å². The highest BCUT2D eigenvalue weighted by Crippen LogP contribution is 2.32. The van der Waals surface area contributed by atoms with Crippen molar-refractivity contribution in [2.24, 2.45) is 0 Å². The van der Waals surface area contributed by atoms with Crippen molar-refractivity contribution in [2.75, 3.05) is 7.11 Å². The van der Waals surface area contributed by atoms with Gasteiger partial charge in [0, 0.05) is 11.8 Å². The summed E-state index contributed by atoms with van der Waals surface area (Å²) < 4.78 is 7.07. The third-order valence-corrected chi connectivity index (χ3v) is 3.67. The molecule has 108 valence electrons. The number of aliphatic hydroxyl groups is 1. The molecule has 1 N–H and O–H groups in total. The predicted octanol–water partition coefficient (Wildman–Crippen LogP) is 3.72. The first-order chi connectivity index (χ1) is 10.1. The number of fused-ring (bicyclic) bond motifs is 1. The molecule has 0 radical (unpaired) electrons. The van der Waals surface area contributed by atoms with E-state index in [0.717, 1.165) is 11.3 Å². The molecule has 0 amide bonds. The lowest BCUT2D eigenvalue weighted by Gasteiger charge is -2.08. The van der Waals surface area contributed by atoms with E-state index in [4.69, 9.17) is 16.3 Å². The molecular formula is C16H15ClN2O2. The summed E-state index contributed by atoms with van der Waals surface area (Å²) in [5.41, 5.74) is 2.93. The number of aliphatic hydroxyl groups excluding tert-OH is 1. The van der Waals surface area contributed by atoms with Crippen molar-refractivity contribution in [3.8, 4) is 17.0 Å². The second kappa shape index (κ2) is 5.39. The van der Waals surface area contributed by atoms with Crippen molar-refractivity contribution in [1.82, 2.24) is 9.38 Å². The van der Waals surface area contributed by atoms with Gasteiger partial charge >= 0.3 is 0 Å². The van der Waals surface area contributed by atoms with Crippen LogP contribution in [0.2, 0.25) is 5.02 Å². The summed E-state index contributed by atoms with van der Waals surface area (Å²) in [6.45, 7) is 1.72. The standard InChI is InChI=1S/C16H15ClN2O2/c1-10(20)15-14(11-5-3-6-12(9-11)21-2)18-16-13(17)7-4-8-19(15)16/h3-10,20H,1-2H3. The summed E-state index contributed by atoms with van der Waals surface area (Å²) in [4.78, 5) is 4.59. The van der Waals surface area contributed by atoms with E-state index < -0.39 is 6.10 Å². The highest BCUT2D eigenvalue weighted by atomic mass is 35.5. The summed E-state index contributed by atoms with van der Waals surface area (Å²) in [7, 11) is 1.62. The molecule has 4 nitrogen and oxygen atoms in total. The number of methoxy groups -OCH3 is 1. The van der Waals surface area contributed by atoms with Crippen LogP contribution in [-0.2, 0) is 0 Å². The Kier molecular flexibility index (Phi) is 3.57. The summed E-state index contributed by atoms with van der Waals surface area (Å²) in [6.07, 6.45) is 1.18. The van der Waals surface area contributed by atoms with Crippen LogP contribution in [-0.4, -0.2) is 21.6 Å². The van der Waals surface area contributed by atoms with E-state index in [1.54, 1.807) is 20.1 Å². The zero-order chi connectivity index (χ0) is 15.0. The quantitative estimate of drug-likeness (QED) is 0.802. The van der Waals surface area contributed by atoms with E-state index in [1.165, 1.54) is 0 Å². The Morgan fingerprint density at radius 2 is 2.10 bits per heavy atom. The Morgan fingerprint density at radius 3 is 2.81 bits per heavy atom. The largest absolute Gasteiger partial charge is 0.497 e. The van der Waals surface area contributed by atoms with Gasteiger partial charge in [-0.25, -0.2) is 4.98 Å². The van der Waals surface area contributed by atoms with E-state index in [0.29, 0.717) is 22.1 Å². The molecule has 1 unspecified atom stereocenters. The first kappa shape index (κ1) is 13.9. The van der Waals surface area contributed by atoms with Crippen LogP contribution in [0.1, 0.15) is 18.7 Å². The van der Waals surface area contributed by atoms with Crippen LogP contribution in [0.5, 0.6) is 5.75 Å². The smallest absolute Gasteiger partial charge is 0.156 e. The highest BCUT2D eigenvalue weighted by Gasteiger charge is 2.19. The Morgan fingerprint density at radius 1 is 1.29 bits per heavy atom. The van der Waals surface area contributed by atoms with Crippen molar-refractivity contribution >= 4 is 17.2 Å². The van der Waals surface area contributed by atoms with Crippen LogP contribution in [0.3, 0.4) is 0 Å². The van der Waals surface area contributed by atoms with Crippen molar-refractivity contribution < 1.29 is 9.84 Å². The summed E-state index contributed by atoms with van der Waals surface area (Å²) >= 11 is 6.20. The van der Waals surface area contributed by atoms with Crippen LogP contribution >= 0.6 is 11.6 Å². The number of rotatable bonds is 3. The Hall–Kier alpha value is -2.04. The fraction of sp³-hybridized carbons (Fsp3) is 0.188. The van der Waals surface area contributed by atoms with Gasteiger partial charge in [-0.2, -0.15) is 0 Å². The minimum Gasteiger partial charge on any atom is -0.497 e. The second-order valence-corrected chi connectivity index (χ2v) is 5.21. The molecule has 0 aliphatic rings. The molecular weight excluding hydrogens is 288 g/mol. The monoisotopic (exact) mass is 302 g/mol. The first-order valence-electron chi connectivity index (χ1n) is 6.60. The van der Waals surface area contributed by atoms with Crippen LogP contribution < -0.4 is 4.74 Å². The average Bonchev–Trinajstić information content (AvgIpc) is 2.88. The van der Waals surface area contributed by atoms with Crippen LogP contribution in [0.4, 0.5) is 0 Å². The number of hydrogen-bond acceptors (Lipinski definition) is 3. The van der Waals surface area contributed by atoms with Crippen LogP contribution in [0.25, 0.3) is 16.9 Å². The Balaban J connectivity index is 2.30. The molecule has 3 rings (SSSR count). The molecule has 0 fully saturated rings. The van der Waals surface area contributed by atoms with Gasteiger partial charge in [0.15, 0.2) is 5.65 Å². The third-order valence-electron chi connectivity index (χ3n) is 3.38. The van der Waals surface area contributed by atoms with Crippen LogP contribution in [0.15, 0.2) is 42.6 Å². The third kappa shape index (κ3) is 2.37. The number of hydrogen-bond donors (Lipinski definition) is 1. The molecule has 0 saturated carbocycles.